The van der Waals surface area contributed by atoms with Gasteiger partial charge in [-0.05, 0) is 50.1 Å². The first-order valence-corrected chi connectivity index (χ1v) is 13.0. The number of rotatable bonds is 7. The summed E-state index contributed by atoms with van der Waals surface area (Å²) in [5.74, 6) is 6.55. The standard InChI is InChI=1S/C30H35N5O.Re.Y/c1-35(2)19-9-8-12-29(36)33-26-17-18-28-27(21-26)30(32-22-31-28)34-25-15-13-24(14-16-25)20-23-10-6-4-3-5-7-11-23;;/h13-16,18,22-23H,3-7,9-11,19-20H2,1-2H3,(H,33,36)(H,31,32,34);;/q-2;;. The minimum atomic E-state index is -0.383. The minimum Gasteiger partial charge on any atom is -0.367 e. The molecule has 0 atom stereocenters. The van der Waals surface area contributed by atoms with E-state index in [4.69, 9.17) is 0 Å². The van der Waals surface area contributed by atoms with Gasteiger partial charge in [-0.15, -0.1) is 0 Å². The molecule has 3 aromatic rings. The molecule has 2 aromatic carbocycles. The van der Waals surface area contributed by atoms with E-state index in [1.807, 2.05) is 19.0 Å². The molecule has 8 heteroatoms. The summed E-state index contributed by atoms with van der Waals surface area (Å²) in [5, 5.41) is 6.82. The number of amides is 1. The van der Waals surface area contributed by atoms with E-state index in [9.17, 15) is 4.79 Å². The zero-order chi connectivity index (χ0) is 25.2. The van der Waals surface area contributed by atoms with Crippen LogP contribution in [-0.2, 0) is 64.3 Å². The maximum absolute atomic E-state index is 12.2. The third kappa shape index (κ3) is 10.5. The number of carbonyl (C=O) groups excluding carboxylic acids is 1. The summed E-state index contributed by atoms with van der Waals surface area (Å²) in [6.07, 6.45) is 12.9. The summed E-state index contributed by atoms with van der Waals surface area (Å²) >= 11 is 0. The number of anilines is 3. The van der Waals surface area contributed by atoms with E-state index in [0.29, 0.717) is 28.8 Å². The number of benzene rings is 2. The molecule has 1 aliphatic rings. The Morgan fingerprint density at radius 3 is 2.50 bits per heavy atom. The molecule has 2 N–H and O–H groups in total. The van der Waals surface area contributed by atoms with Crippen LogP contribution in [0.3, 0.4) is 0 Å². The maximum atomic E-state index is 12.2. The summed E-state index contributed by atoms with van der Waals surface area (Å²) in [7, 11) is 3.95. The van der Waals surface area contributed by atoms with Gasteiger partial charge in [0.25, 0.3) is 5.91 Å². The van der Waals surface area contributed by atoms with Crippen LogP contribution in [0.15, 0.2) is 36.7 Å². The van der Waals surface area contributed by atoms with E-state index in [2.05, 4.69) is 68.8 Å². The van der Waals surface area contributed by atoms with Gasteiger partial charge < -0.3 is 32.7 Å². The van der Waals surface area contributed by atoms with Crippen LogP contribution in [-0.4, -0.2) is 41.4 Å². The van der Waals surface area contributed by atoms with Crippen molar-refractivity contribution in [3.05, 3.63) is 54.4 Å². The summed E-state index contributed by atoms with van der Waals surface area (Å²) in [6.45, 7) is 0.808. The number of hydrogen-bond donors (Lipinski definition) is 2. The number of nitrogens with zero attached hydrogens (tertiary/aromatic N) is 3. The Bertz CT molecular complexity index is 1210. The van der Waals surface area contributed by atoms with E-state index in [0.717, 1.165) is 24.6 Å². The normalized spacial score (nSPS) is 13.8. The van der Waals surface area contributed by atoms with Gasteiger partial charge in [-0.2, -0.15) is 10.9 Å². The summed E-state index contributed by atoms with van der Waals surface area (Å²) < 4.78 is 0. The Balaban J connectivity index is 0.00000253. The fraction of sp³-hybridized carbons (Fsp3) is 0.433. The van der Waals surface area contributed by atoms with Crippen molar-refractivity contribution in [3.8, 4) is 11.8 Å². The Kier molecular flexibility index (Phi) is 14.7. The average molecular weight is 757 g/mol. The van der Waals surface area contributed by atoms with E-state index < -0.39 is 0 Å². The molecule has 1 aliphatic carbocycles. The van der Waals surface area contributed by atoms with Gasteiger partial charge in [-0.3, -0.25) is 10.9 Å². The second-order valence-corrected chi connectivity index (χ2v) is 9.82. The van der Waals surface area contributed by atoms with Gasteiger partial charge in [-0.1, -0.05) is 63.0 Å². The molecule has 198 valence electrons. The van der Waals surface area contributed by atoms with Gasteiger partial charge >= 0.3 is 0 Å². The van der Waals surface area contributed by atoms with Gasteiger partial charge in [0.2, 0.25) is 0 Å². The van der Waals surface area contributed by atoms with E-state index in [1.165, 1.54) is 56.8 Å². The molecular weight excluding hydrogens is 721 g/mol. The van der Waals surface area contributed by atoms with Crippen LogP contribution in [0.4, 0.5) is 17.2 Å². The largest absolute Gasteiger partial charge is 0.367 e. The monoisotopic (exact) mass is 757 g/mol. The van der Waals surface area contributed by atoms with E-state index in [-0.39, 0.29) is 59.0 Å². The van der Waals surface area contributed by atoms with Gasteiger partial charge in [0.05, 0.1) is 12.1 Å². The Hall–Kier alpha value is -1.66. The predicted octanol–water partition coefficient (Wildman–Crippen LogP) is 5.77. The second kappa shape index (κ2) is 17.1. The molecule has 1 fully saturated rings. The van der Waals surface area contributed by atoms with Crippen molar-refractivity contribution in [1.29, 1.82) is 0 Å². The van der Waals surface area contributed by atoms with Crippen LogP contribution in [0.5, 0.6) is 0 Å². The molecule has 1 aromatic heterocycles. The maximum Gasteiger partial charge on any atom is 0.296 e. The predicted molar refractivity (Wildman–Crippen MR) is 146 cm³/mol. The number of fused-ring (bicyclic) bond motifs is 1. The fourth-order valence-corrected chi connectivity index (χ4v) is 4.60. The van der Waals surface area contributed by atoms with E-state index >= 15 is 0 Å². The fourth-order valence-electron chi connectivity index (χ4n) is 4.60. The minimum absolute atomic E-state index is 0. The Morgan fingerprint density at radius 1 is 1.08 bits per heavy atom. The third-order valence-electron chi connectivity index (χ3n) is 6.57. The molecule has 1 saturated carbocycles. The Morgan fingerprint density at radius 2 is 1.79 bits per heavy atom. The average Bonchev–Trinajstić information content (AvgIpc) is 2.85. The van der Waals surface area contributed by atoms with Crippen LogP contribution in [0.2, 0.25) is 0 Å². The van der Waals surface area contributed by atoms with Gasteiger partial charge in [0, 0.05) is 71.8 Å². The van der Waals surface area contributed by atoms with Crippen molar-refractivity contribution in [1.82, 2.24) is 14.9 Å². The van der Waals surface area contributed by atoms with Crippen LogP contribution < -0.4 is 10.6 Å². The molecule has 0 saturated heterocycles. The van der Waals surface area contributed by atoms with Crippen molar-refractivity contribution in [3.63, 3.8) is 0 Å². The molecule has 4 rings (SSSR count). The van der Waals surface area contributed by atoms with Crippen molar-refractivity contribution >= 4 is 34.0 Å². The third-order valence-corrected chi connectivity index (χ3v) is 6.57. The summed E-state index contributed by atoms with van der Waals surface area (Å²) in [5.41, 5.74) is 3.46. The number of carbonyl (C=O) groups is 1. The van der Waals surface area contributed by atoms with Gasteiger partial charge in [0.1, 0.15) is 0 Å². The number of hydrogen-bond acceptors (Lipinski definition) is 5. The summed E-state index contributed by atoms with van der Waals surface area (Å²) in [6, 6.07) is 16.6. The zero-order valence-corrected chi connectivity index (χ0v) is 27.9. The Labute approximate surface area is 266 Å². The molecule has 0 unspecified atom stereocenters. The molecule has 1 amide bonds. The second-order valence-electron chi connectivity index (χ2n) is 9.82. The molecule has 0 bridgehead atoms. The molecule has 0 aliphatic heterocycles. The molecular formula is C30H35N5OReY-2. The molecule has 2 radical (unpaired) electrons. The topological polar surface area (TPSA) is 70.2 Å². The van der Waals surface area contributed by atoms with Crippen LogP contribution in [0, 0.1) is 29.9 Å². The van der Waals surface area contributed by atoms with Crippen molar-refractivity contribution in [2.24, 2.45) is 5.92 Å². The van der Waals surface area contributed by atoms with Crippen LogP contribution in [0.1, 0.15) is 56.9 Å². The first kappa shape index (κ1) is 32.5. The zero-order valence-electron chi connectivity index (χ0n) is 22.3. The number of nitrogens with one attached hydrogen (secondary N) is 2. The SMILES string of the molecule is CN(C)CCC#CC(=O)Nc1[c-]cc2ncnc(Nc3ccc(CC4CCCCCCC4)cc3)c2[c-]1.[Re].[Y]. The van der Waals surface area contributed by atoms with Crippen LogP contribution in [0.25, 0.3) is 10.9 Å². The first-order chi connectivity index (χ1) is 17.6. The molecule has 38 heavy (non-hydrogen) atoms. The smallest absolute Gasteiger partial charge is 0.296 e. The van der Waals surface area contributed by atoms with Gasteiger partial charge in [-0.25, -0.2) is 10.7 Å². The van der Waals surface area contributed by atoms with Crippen molar-refractivity contribution in [2.45, 2.75) is 57.8 Å². The molecule has 6 nitrogen and oxygen atoms in total. The van der Waals surface area contributed by atoms with Crippen molar-refractivity contribution < 1.29 is 57.9 Å². The van der Waals surface area contributed by atoms with Crippen LogP contribution >= 0.6 is 0 Å². The number of aromatic nitrogens is 2. The van der Waals surface area contributed by atoms with Crippen molar-refractivity contribution in [2.75, 3.05) is 31.3 Å². The molecule has 1 heterocycles. The van der Waals surface area contributed by atoms with Gasteiger partial charge in [0.15, 0.2) is 0 Å². The quantitative estimate of drug-likeness (QED) is 0.237. The van der Waals surface area contributed by atoms with E-state index in [1.54, 1.807) is 6.07 Å². The first-order valence-electron chi connectivity index (χ1n) is 13.0. The molecule has 0 spiro atoms. The summed E-state index contributed by atoms with van der Waals surface area (Å²) in [4.78, 5) is 23.0.